The molecule has 1 amide bonds. The van der Waals surface area contributed by atoms with Crippen LogP contribution in [0.5, 0.6) is 11.5 Å². The molecule has 0 aliphatic carbocycles. The lowest BCUT2D eigenvalue weighted by molar-refractivity contribution is -0.118. The summed E-state index contributed by atoms with van der Waals surface area (Å²) in [6.45, 7) is 2.77. The number of nitrogens with one attached hydrogen (secondary N) is 1. The maximum atomic E-state index is 12.1. The molecule has 1 N–H and O–H groups in total. The van der Waals surface area contributed by atoms with Crippen molar-refractivity contribution < 1.29 is 14.3 Å². The first-order chi connectivity index (χ1) is 15.2. The van der Waals surface area contributed by atoms with Crippen LogP contribution in [0.3, 0.4) is 0 Å². The zero-order chi connectivity index (χ0) is 21.9. The molecule has 2 aromatic carbocycles. The molecule has 0 atom stereocenters. The summed E-state index contributed by atoms with van der Waals surface area (Å²) in [5.74, 6) is 1.39. The normalized spacial score (nSPS) is 10.9. The highest BCUT2D eigenvalue weighted by molar-refractivity contribution is 8.01. The fourth-order valence-electron chi connectivity index (χ4n) is 2.61. The molecule has 0 aliphatic rings. The zero-order valence-corrected chi connectivity index (χ0v) is 19.2. The number of methoxy groups -OCH3 is 1. The van der Waals surface area contributed by atoms with Crippen LogP contribution in [-0.4, -0.2) is 36.6 Å². The van der Waals surface area contributed by atoms with E-state index >= 15 is 0 Å². The van der Waals surface area contributed by atoms with Gasteiger partial charge in [0.25, 0.3) is 5.91 Å². The van der Waals surface area contributed by atoms with Crippen LogP contribution in [0.1, 0.15) is 25.3 Å². The molecule has 8 heteroatoms. The molecule has 0 saturated carbocycles. The molecule has 0 aliphatic heterocycles. The minimum absolute atomic E-state index is 0.191. The predicted molar refractivity (Wildman–Crippen MR) is 127 cm³/mol. The first-order valence-electron chi connectivity index (χ1n) is 9.96. The average Bonchev–Trinajstić information content (AvgIpc) is 3.28. The standard InChI is InChI=1S/C23H25N3O3S2/c1-3-4-12-29-20-11-10-17(13-21(20)28-2)14-24-26-22(27)16-31-23-25-19(15-30-23)18-8-6-5-7-9-18/h5-11,13-15H,3-4,12,16H2,1-2H3,(H,26,27)/b24-14+. The SMILES string of the molecule is CCCCOc1ccc(/C=N/NC(=O)CSc2nc(-c3ccccc3)cs2)cc1OC. The monoisotopic (exact) mass is 455 g/mol. The molecule has 0 bridgehead atoms. The summed E-state index contributed by atoms with van der Waals surface area (Å²) < 4.78 is 12.0. The van der Waals surface area contributed by atoms with Crippen LogP contribution < -0.4 is 14.9 Å². The van der Waals surface area contributed by atoms with Gasteiger partial charge in [-0.05, 0) is 30.2 Å². The van der Waals surface area contributed by atoms with Crippen molar-refractivity contribution in [2.45, 2.75) is 24.1 Å². The van der Waals surface area contributed by atoms with E-state index in [-0.39, 0.29) is 11.7 Å². The Morgan fingerprint density at radius 2 is 2.06 bits per heavy atom. The number of rotatable bonds is 11. The molecule has 6 nitrogen and oxygen atoms in total. The summed E-state index contributed by atoms with van der Waals surface area (Å²) in [4.78, 5) is 16.7. The first kappa shape index (κ1) is 22.8. The van der Waals surface area contributed by atoms with E-state index in [0.717, 1.165) is 34.0 Å². The van der Waals surface area contributed by atoms with Gasteiger partial charge in [-0.3, -0.25) is 4.79 Å². The Morgan fingerprint density at radius 3 is 2.84 bits per heavy atom. The Hall–Kier alpha value is -2.84. The molecule has 0 spiro atoms. The van der Waals surface area contributed by atoms with Crippen LogP contribution in [0.4, 0.5) is 0 Å². The van der Waals surface area contributed by atoms with Gasteiger partial charge in [-0.1, -0.05) is 55.4 Å². The van der Waals surface area contributed by atoms with E-state index < -0.39 is 0 Å². The van der Waals surface area contributed by atoms with Crippen LogP contribution in [0.25, 0.3) is 11.3 Å². The molecule has 162 valence electrons. The van der Waals surface area contributed by atoms with Crippen molar-refractivity contribution in [1.29, 1.82) is 0 Å². The van der Waals surface area contributed by atoms with E-state index in [0.29, 0.717) is 18.1 Å². The van der Waals surface area contributed by atoms with Gasteiger partial charge in [0.2, 0.25) is 0 Å². The van der Waals surface area contributed by atoms with E-state index in [2.05, 4.69) is 22.4 Å². The smallest absolute Gasteiger partial charge is 0.250 e. The molecular formula is C23H25N3O3S2. The number of hydrogen-bond donors (Lipinski definition) is 1. The molecule has 3 rings (SSSR count). The Kier molecular flexibility index (Phi) is 8.93. The number of thiazole rings is 1. The number of nitrogens with zero attached hydrogens (tertiary/aromatic N) is 2. The predicted octanol–water partition coefficient (Wildman–Crippen LogP) is 5.24. The lowest BCUT2D eigenvalue weighted by Gasteiger charge is -2.10. The molecule has 1 aromatic heterocycles. The molecule has 3 aromatic rings. The maximum Gasteiger partial charge on any atom is 0.250 e. The number of hydrazone groups is 1. The second-order valence-electron chi connectivity index (χ2n) is 6.56. The third-order valence-corrected chi connectivity index (χ3v) is 6.25. The van der Waals surface area contributed by atoms with E-state index in [1.54, 1.807) is 13.3 Å². The van der Waals surface area contributed by atoms with Crippen LogP contribution in [0.2, 0.25) is 0 Å². The molecular weight excluding hydrogens is 430 g/mol. The summed E-state index contributed by atoms with van der Waals surface area (Å²) in [6, 6.07) is 15.5. The highest BCUT2D eigenvalue weighted by Crippen LogP contribution is 2.29. The van der Waals surface area contributed by atoms with Gasteiger partial charge in [-0.15, -0.1) is 11.3 Å². The maximum absolute atomic E-state index is 12.1. The van der Waals surface area contributed by atoms with Gasteiger partial charge >= 0.3 is 0 Å². The number of thioether (sulfide) groups is 1. The quantitative estimate of drug-likeness (QED) is 0.185. The van der Waals surface area contributed by atoms with Crippen LogP contribution in [0.15, 0.2) is 63.4 Å². The Labute approximate surface area is 190 Å². The fraction of sp³-hybridized carbons (Fsp3) is 0.261. The number of unbranched alkanes of at least 4 members (excludes halogenated alkanes) is 1. The second-order valence-corrected chi connectivity index (χ2v) is 8.64. The molecule has 0 unspecified atom stereocenters. The Bertz CT molecular complexity index is 1010. The van der Waals surface area contributed by atoms with Crippen LogP contribution >= 0.6 is 23.1 Å². The third-order valence-electron chi connectivity index (χ3n) is 4.23. The summed E-state index contributed by atoms with van der Waals surface area (Å²) in [5, 5.41) is 6.03. The van der Waals surface area contributed by atoms with Crippen molar-refractivity contribution in [2.24, 2.45) is 5.10 Å². The fourth-order valence-corrected chi connectivity index (χ4v) is 4.24. The van der Waals surface area contributed by atoms with Crippen molar-refractivity contribution in [3.8, 4) is 22.8 Å². The first-order valence-corrected chi connectivity index (χ1v) is 11.8. The number of carbonyl (C=O) groups excluding carboxylic acids is 1. The molecule has 0 radical (unpaired) electrons. The molecule has 0 fully saturated rings. The third kappa shape index (κ3) is 7.11. The topological polar surface area (TPSA) is 72.8 Å². The number of aromatic nitrogens is 1. The summed E-state index contributed by atoms with van der Waals surface area (Å²) >= 11 is 2.92. The van der Waals surface area contributed by atoms with Crippen molar-refractivity contribution in [3.05, 3.63) is 59.5 Å². The van der Waals surface area contributed by atoms with Gasteiger partial charge in [0.15, 0.2) is 15.8 Å². The zero-order valence-electron chi connectivity index (χ0n) is 17.5. The highest BCUT2D eigenvalue weighted by atomic mass is 32.2. The molecule has 1 heterocycles. The van der Waals surface area contributed by atoms with Crippen LogP contribution in [-0.2, 0) is 4.79 Å². The van der Waals surface area contributed by atoms with Crippen molar-refractivity contribution in [3.63, 3.8) is 0 Å². The molecule has 31 heavy (non-hydrogen) atoms. The van der Waals surface area contributed by atoms with Crippen molar-refractivity contribution >= 4 is 35.2 Å². The summed E-state index contributed by atoms with van der Waals surface area (Å²) in [6.07, 6.45) is 3.64. The van der Waals surface area contributed by atoms with E-state index in [9.17, 15) is 4.79 Å². The van der Waals surface area contributed by atoms with Gasteiger partial charge < -0.3 is 9.47 Å². The largest absolute Gasteiger partial charge is 0.493 e. The lowest BCUT2D eigenvalue weighted by Crippen LogP contribution is -2.19. The Morgan fingerprint density at radius 1 is 1.23 bits per heavy atom. The summed E-state index contributed by atoms with van der Waals surface area (Å²) in [7, 11) is 1.60. The number of amides is 1. The van der Waals surface area contributed by atoms with E-state index in [4.69, 9.17) is 9.47 Å². The van der Waals surface area contributed by atoms with Gasteiger partial charge in [-0.2, -0.15) is 5.10 Å². The van der Waals surface area contributed by atoms with Crippen molar-refractivity contribution in [1.82, 2.24) is 10.4 Å². The van der Waals surface area contributed by atoms with Crippen LogP contribution in [0, 0.1) is 0 Å². The van der Waals surface area contributed by atoms with Gasteiger partial charge in [0.1, 0.15) is 0 Å². The molecule has 0 saturated heterocycles. The van der Waals surface area contributed by atoms with Gasteiger partial charge in [0, 0.05) is 10.9 Å². The minimum Gasteiger partial charge on any atom is -0.493 e. The van der Waals surface area contributed by atoms with Gasteiger partial charge in [-0.25, -0.2) is 10.4 Å². The second kappa shape index (κ2) is 12.1. The van der Waals surface area contributed by atoms with Crippen molar-refractivity contribution in [2.75, 3.05) is 19.5 Å². The number of carbonyl (C=O) groups is 1. The number of benzene rings is 2. The van der Waals surface area contributed by atoms with E-state index in [1.165, 1.54) is 23.1 Å². The Balaban J connectivity index is 1.47. The van der Waals surface area contributed by atoms with Gasteiger partial charge in [0.05, 0.1) is 31.4 Å². The number of ether oxygens (including phenoxy) is 2. The highest BCUT2D eigenvalue weighted by Gasteiger charge is 2.08. The number of hydrogen-bond acceptors (Lipinski definition) is 7. The van der Waals surface area contributed by atoms with E-state index in [1.807, 2.05) is 53.9 Å². The minimum atomic E-state index is -0.191. The average molecular weight is 456 g/mol. The summed E-state index contributed by atoms with van der Waals surface area (Å²) in [5.41, 5.74) is 5.34. The lowest BCUT2D eigenvalue weighted by atomic mass is 10.2.